The molecule has 0 amide bonds. The molecule has 0 aromatic heterocycles. The fourth-order valence-corrected chi connectivity index (χ4v) is 2.59. The van der Waals surface area contributed by atoms with E-state index in [0.717, 1.165) is 29.8 Å². The molecule has 0 bridgehead atoms. The third kappa shape index (κ3) is 3.11. The molecule has 0 aliphatic carbocycles. The quantitative estimate of drug-likeness (QED) is 0.544. The van der Waals surface area contributed by atoms with Gasteiger partial charge < -0.3 is 0 Å². The van der Waals surface area contributed by atoms with Crippen LogP contribution >= 0.6 is 0 Å². The van der Waals surface area contributed by atoms with Crippen LogP contribution in [0.4, 0.5) is 17.6 Å². The van der Waals surface area contributed by atoms with E-state index in [-0.39, 0.29) is 5.56 Å². The van der Waals surface area contributed by atoms with Gasteiger partial charge in [-0.05, 0) is 47.9 Å². The fourth-order valence-electron chi connectivity index (χ4n) is 2.59. The normalized spacial score (nSPS) is 10.6. The number of halogens is 4. The monoisotopic (exact) mass is 341 g/mol. The van der Waals surface area contributed by atoms with Crippen molar-refractivity contribution >= 4 is 0 Å². The summed E-state index contributed by atoms with van der Waals surface area (Å²) in [5, 5.41) is 8.67. The Kier molecular flexibility index (Phi) is 4.28. The van der Waals surface area contributed by atoms with Crippen LogP contribution in [0, 0.1) is 41.5 Å². The Morgan fingerprint density at radius 2 is 1.16 bits per heavy atom. The van der Waals surface area contributed by atoms with Crippen LogP contribution in [0.25, 0.3) is 22.3 Å². The molecular weight excluding hydrogens is 330 g/mol. The van der Waals surface area contributed by atoms with Crippen LogP contribution in [-0.2, 0) is 0 Å². The van der Waals surface area contributed by atoms with E-state index < -0.39 is 34.4 Å². The summed E-state index contributed by atoms with van der Waals surface area (Å²) in [6.07, 6.45) is 0. The van der Waals surface area contributed by atoms with Crippen molar-refractivity contribution in [2.75, 3.05) is 0 Å². The van der Waals surface area contributed by atoms with E-state index in [1.165, 1.54) is 6.07 Å². The van der Waals surface area contributed by atoms with Gasteiger partial charge in [0.1, 0.15) is 34.9 Å². The summed E-state index contributed by atoms with van der Waals surface area (Å²) in [6.45, 7) is 1.89. The molecule has 3 aromatic carbocycles. The standard InChI is InChI=1S/C20H11F4N/c1-11-2-4-12(5-3-11)13-6-18(23)20(19(24)7-13)14-8-16(21)15(10-25)17(22)9-14/h2-9H,1H3. The Hall–Kier alpha value is -3.13. The maximum absolute atomic E-state index is 14.5. The maximum Gasteiger partial charge on any atom is 0.144 e. The van der Waals surface area contributed by atoms with E-state index in [0.29, 0.717) is 11.1 Å². The number of nitriles is 1. The second-order valence-electron chi connectivity index (χ2n) is 5.61. The number of nitrogens with zero attached hydrogens (tertiary/aromatic N) is 1. The van der Waals surface area contributed by atoms with Gasteiger partial charge in [0.2, 0.25) is 0 Å². The van der Waals surface area contributed by atoms with Crippen LogP contribution in [0.3, 0.4) is 0 Å². The number of aryl methyl sites for hydroxylation is 1. The van der Waals surface area contributed by atoms with Gasteiger partial charge >= 0.3 is 0 Å². The van der Waals surface area contributed by atoms with Crippen molar-refractivity contribution in [2.24, 2.45) is 0 Å². The smallest absolute Gasteiger partial charge is 0.144 e. The molecule has 0 aliphatic heterocycles. The average molecular weight is 341 g/mol. The molecule has 0 heterocycles. The van der Waals surface area contributed by atoms with Crippen LogP contribution in [0.1, 0.15) is 11.1 Å². The summed E-state index contributed by atoms with van der Waals surface area (Å²) < 4.78 is 56.4. The minimum Gasteiger partial charge on any atom is -0.206 e. The third-order valence-electron chi connectivity index (χ3n) is 3.87. The largest absolute Gasteiger partial charge is 0.206 e. The lowest BCUT2D eigenvalue weighted by Crippen LogP contribution is -1.97. The van der Waals surface area contributed by atoms with Crippen molar-refractivity contribution in [2.45, 2.75) is 6.92 Å². The van der Waals surface area contributed by atoms with Crippen molar-refractivity contribution in [3.8, 4) is 28.3 Å². The van der Waals surface area contributed by atoms with Gasteiger partial charge in [-0.3, -0.25) is 0 Å². The van der Waals surface area contributed by atoms with Crippen LogP contribution in [0.15, 0.2) is 48.5 Å². The van der Waals surface area contributed by atoms with E-state index in [9.17, 15) is 17.6 Å². The SMILES string of the molecule is Cc1ccc(-c2cc(F)c(-c3cc(F)c(C#N)c(F)c3)c(F)c2)cc1. The van der Waals surface area contributed by atoms with Gasteiger partial charge in [0.25, 0.3) is 0 Å². The molecule has 0 fully saturated rings. The van der Waals surface area contributed by atoms with Crippen LogP contribution < -0.4 is 0 Å². The second kappa shape index (κ2) is 6.40. The molecule has 0 saturated heterocycles. The van der Waals surface area contributed by atoms with E-state index in [4.69, 9.17) is 5.26 Å². The minimum absolute atomic E-state index is 0.306. The van der Waals surface area contributed by atoms with Crippen LogP contribution in [0.2, 0.25) is 0 Å². The summed E-state index contributed by atoms with van der Waals surface area (Å²) >= 11 is 0. The summed E-state index contributed by atoms with van der Waals surface area (Å²) in [7, 11) is 0. The molecule has 124 valence electrons. The van der Waals surface area contributed by atoms with Gasteiger partial charge in [0, 0.05) is 0 Å². The van der Waals surface area contributed by atoms with E-state index >= 15 is 0 Å². The van der Waals surface area contributed by atoms with Crippen molar-refractivity contribution in [3.05, 3.63) is 82.9 Å². The van der Waals surface area contributed by atoms with Crippen molar-refractivity contribution in [1.29, 1.82) is 5.26 Å². The molecule has 1 nitrogen and oxygen atoms in total. The molecule has 3 aromatic rings. The highest BCUT2D eigenvalue weighted by molar-refractivity contribution is 5.72. The molecule has 0 saturated carbocycles. The Labute approximate surface area is 141 Å². The highest BCUT2D eigenvalue weighted by Gasteiger charge is 2.18. The molecular formula is C20H11F4N. The highest BCUT2D eigenvalue weighted by atomic mass is 19.1. The zero-order valence-corrected chi connectivity index (χ0v) is 13.1. The number of rotatable bonds is 2. The topological polar surface area (TPSA) is 23.8 Å². The number of hydrogen-bond donors (Lipinski definition) is 0. The fraction of sp³-hybridized carbons (Fsp3) is 0.0500. The first-order valence-electron chi connectivity index (χ1n) is 7.36. The Morgan fingerprint density at radius 1 is 0.680 bits per heavy atom. The number of hydrogen-bond acceptors (Lipinski definition) is 1. The van der Waals surface area contributed by atoms with Crippen molar-refractivity contribution in [3.63, 3.8) is 0 Å². The van der Waals surface area contributed by atoms with E-state index in [2.05, 4.69) is 0 Å². The maximum atomic E-state index is 14.5. The summed E-state index contributed by atoms with van der Waals surface area (Å²) in [4.78, 5) is 0. The van der Waals surface area contributed by atoms with E-state index in [1.807, 2.05) is 19.1 Å². The average Bonchev–Trinajstić information content (AvgIpc) is 2.54. The molecule has 5 heteroatoms. The molecule has 0 atom stereocenters. The van der Waals surface area contributed by atoms with Gasteiger partial charge in [0.15, 0.2) is 0 Å². The molecule has 0 spiro atoms. The Balaban J connectivity index is 2.13. The van der Waals surface area contributed by atoms with Crippen LogP contribution in [0.5, 0.6) is 0 Å². The van der Waals surface area contributed by atoms with Gasteiger partial charge in [-0.1, -0.05) is 29.8 Å². The van der Waals surface area contributed by atoms with Crippen LogP contribution in [-0.4, -0.2) is 0 Å². The Bertz CT molecular complexity index is 955. The first-order chi connectivity index (χ1) is 11.9. The first kappa shape index (κ1) is 16.7. The second-order valence-corrected chi connectivity index (χ2v) is 5.61. The molecule has 3 rings (SSSR count). The predicted molar refractivity (Wildman–Crippen MR) is 86.6 cm³/mol. The predicted octanol–water partition coefficient (Wildman–Crippen LogP) is 5.76. The lowest BCUT2D eigenvalue weighted by Gasteiger charge is -2.10. The third-order valence-corrected chi connectivity index (χ3v) is 3.87. The minimum atomic E-state index is -1.17. The van der Waals surface area contributed by atoms with Crippen molar-refractivity contribution < 1.29 is 17.6 Å². The lowest BCUT2D eigenvalue weighted by atomic mass is 9.97. The summed E-state index contributed by atoms with van der Waals surface area (Å²) in [5.74, 6) is -4.23. The molecule has 0 N–H and O–H groups in total. The van der Waals surface area contributed by atoms with Crippen molar-refractivity contribution in [1.82, 2.24) is 0 Å². The number of benzene rings is 3. The lowest BCUT2D eigenvalue weighted by molar-refractivity contribution is 0.573. The molecule has 0 unspecified atom stereocenters. The zero-order chi connectivity index (χ0) is 18.1. The molecule has 0 radical (unpaired) electrons. The highest BCUT2D eigenvalue weighted by Crippen LogP contribution is 2.32. The Morgan fingerprint density at radius 3 is 1.64 bits per heavy atom. The zero-order valence-electron chi connectivity index (χ0n) is 13.1. The van der Waals surface area contributed by atoms with Gasteiger partial charge in [0.05, 0.1) is 5.56 Å². The molecule has 0 aliphatic rings. The van der Waals surface area contributed by atoms with E-state index in [1.54, 1.807) is 12.1 Å². The molecule has 25 heavy (non-hydrogen) atoms. The summed E-state index contributed by atoms with van der Waals surface area (Å²) in [6, 6.07) is 12.1. The summed E-state index contributed by atoms with van der Waals surface area (Å²) in [5.41, 5.74) is 0.295. The van der Waals surface area contributed by atoms with Gasteiger partial charge in [-0.15, -0.1) is 0 Å². The van der Waals surface area contributed by atoms with Gasteiger partial charge in [-0.25, -0.2) is 17.6 Å². The first-order valence-corrected chi connectivity index (χ1v) is 7.36. The van der Waals surface area contributed by atoms with Gasteiger partial charge in [-0.2, -0.15) is 5.26 Å².